The molecule has 5 nitrogen and oxygen atoms in total. The van der Waals surface area contributed by atoms with Crippen molar-refractivity contribution in [1.82, 2.24) is 19.7 Å². The summed E-state index contributed by atoms with van der Waals surface area (Å²) in [7, 11) is 0. The fourth-order valence-corrected chi connectivity index (χ4v) is 2.03. The molecular formula is C14H21N5. The minimum Gasteiger partial charge on any atom is -0.382 e. The van der Waals surface area contributed by atoms with E-state index in [9.17, 15) is 0 Å². The average Bonchev–Trinajstić information content (AvgIpc) is 2.84. The van der Waals surface area contributed by atoms with E-state index in [2.05, 4.69) is 28.0 Å². The summed E-state index contributed by atoms with van der Waals surface area (Å²) in [5.41, 5.74) is 6.71. The molecule has 2 heterocycles. The monoisotopic (exact) mass is 259 g/mol. The van der Waals surface area contributed by atoms with Gasteiger partial charge in [0.1, 0.15) is 5.82 Å². The zero-order valence-corrected chi connectivity index (χ0v) is 11.4. The highest BCUT2D eigenvalue weighted by atomic mass is 15.3. The molecule has 19 heavy (non-hydrogen) atoms. The molecule has 0 saturated heterocycles. The van der Waals surface area contributed by atoms with Crippen LogP contribution in [-0.2, 0) is 13.1 Å². The molecule has 0 aliphatic heterocycles. The second kappa shape index (κ2) is 6.89. The molecule has 2 aromatic rings. The summed E-state index contributed by atoms with van der Waals surface area (Å²) in [6.45, 7) is 6.04. The lowest BCUT2D eigenvalue weighted by Crippen LogP contribution is -2.25. The van der Waals surface area contributed by atoms with Crippen LogP contribution in [0.3, 0.4) is 0 Å². The number of aromatic nitrogens is 3. The molecule has 0 bridgehead atoms. The number of hydrogen-bond acceptors (Lipinski definition) is 4. The van der Waals surface area contributed by atoms with Gasteiger partial charge in [0.25, 0.3) is 0 Å². The van der Waals surface area contributed by atoms with Crippen LogP contribution in [0.1, 0.15) is 19.0 Å². The molecular weight excluding hydrogens is 238 g/mol. The van der Waals surface area contributed by atoms with E-state index < -0.39 is 0 Å². The highest BCUT2D eigenvalue weighted by Gasteiger charge is 2.04. The molecule has 0 fully saturated rings. The SMILES string of the molecule is CCN(CCCn1ccc(N)n1)Cc1ccccn1. The van der Waals surface area contributed by atoms with Crippen molar-refractivity contribution in [2.24, 2.45) is 0 Å². The van der Waals surface area contributed by atoms with E-state index in [0.717, 1.165) is 38.3 Å². The summed E-state index contributed by atoms with van der Waals surface area (Å²) in [4.78, 5) is 6.74. The van der Waals surface area contributed by atoms with E-state index in [4.69, 9.17) is 5.73 Å². The molecule has 0 atom stereocenters. The number of nitrogens with two attached hydrogens (primary N) is 1. The Morgan fingerprint density at radius 2 is 2.21 bits per heavy atom. The summed E-state index contributed by atoms with van der Waals surface area (Å²) in [6, 6.07) is 7.87. The van der Waals surface area contributed by atoms with Crippen LogP contribution in [0.4, 0.5) is 5.82 Å². The minimum atomic E-state index is 0.584. The Morgan fingerprint density at radius 1 is 1.32 bits per heavy atom. The fraction of sp³-hybridized carbons (Fsp3) is 0.429. The quantitative estimate of drug-likeness (QED) is 0.823. The van der Waals surface area contributed by atoms with Crippen LogP contribution in [0.5, 0.6) is 0 Å². The van der Waals surface area contributed by atoms with Crippen molar-refractivity contribution >= 4 is 5.82 Å². The van der Waals surface area contributed by atoms with E-state index in [0.29, 0.717) is 5.82 Å². The number of hydrogen-bond donors (Lipinski definition) is 1. The van der Waals surface area contributed by atoms with Crippen LogP contribution in [0.25, 0.3) is 0 Å². The molecule has 2 N–H and O–H groups in total. The summed E-state index contributed by atoms with van der Waals surface area (Å²) in [5, 5.41) is 4.18. The van der Waals surface area contributed by atoms with Crippen LogP contribution < -0.4 is 5.73 Å². The lowest BCUT2D eigenvalue weighted by Gasteiger charge is -2.19. The highest BCUT2D eigenvalue weighted by Crippen LogP contribution is 2.03. The van der Waals surface area contributed by atoms with E-state index >= 15 is 0 Å². The normalized spacial score (nSPS) is 11.1. The smallest absolute Gasteiger partial charge is 0.145 e. The predicted octanol–water partition coefficient (Wildman–Crippen LogP) is 1.77. The number of pyridine rings is 1. The standard InChI is InChI=1S/C14H21N5/c1-2-18(12-13-6-3-4-8-16-13)9-5-10-19-11-7-14(15)17-19/h3-4,6-8,11H,2,5,9-10,12H2,1H3,(H2,15,17). The Labute approximate surface area is 114 Å². The maximum atomic E-state index is 5.59. The van der Waals surface area contributed by atoms with E-state index in [1.54, 1.807) is 0 Å². The Morgan fingerprint density at radius 3 is 2.84 bits per heavy atom. The molecule has 0 spiro atoms. The Bertz CT molecular complexity index is 480. The van der Waals surface area contributed by atoms with Crippen LogP contribution in [0, 0.1) is 0 Å². The Hall–Kier alpha value is -1.88. The molecule has 0 aliphatic rings. The van der Waals surface area contributed by atoms with Gasteiger partial charge >= 0.3 is 0 Å². The third kappa shape index (κ3) is 4.37. The molecule has 0 amide bonds. The Balaban J connectivity index is 1.76. The summed E-state index contributed by atoms with van der Waals surface area (Å²) < 4.78 is 1.89. The summed E-state index contributed by atoms with van der Waals surface area (Å²) in [6.07, 6.45) is 4.82. The van der Waals surface area contributed by atoms with Crippen molar-refractivity contribution in [2.45, 2.75) is 26.4 Å². The first-order valence-electron chi connectivity index (χ1n) is 6.69. The van der Waals surface area contributed by atoms with E-state index in [-0.39, 0.29) is 0 Å². The molecule has 0 aliphatic carbocycles. The first-order chi connectivity index (χ1) is 9.28. The van der Waals surface area contributed by atoms with E-state index in [1.807, 2.05) is 35.3 Å². The highest BCUT2D eigenvalue weighted by molar-refractivity contribution is 5.23. The second-order valence-electron chi connectivity index (χ2n) is 4.55. The zero-order valence-electron chi connectivity index (χ0n) is 11.4. The maximum absolute atomic E-state index is 5.59. The lowest BCUT2D eigenvalue weighted by atomic mass is 10.3. The summed E-state index contributed by atoms with van der Waals surface area (Å²) >= 11 is 0. The van der Waals surface area contributed by atoms with E-state index in [1.165, 1.54) is 0 Å². The number of nitrogens with zero attached hydrogens (tertiary/aromatic N) is 4. The van der Waals surface area contributed by atoms with Gasteiger partial charge in [-0.15, -0.1) is 0 Å². The third-order valence-electron chi connectivity index (χ3n) is 3.08. The van der Waals surface area contributed by atoms with Crippen molar-refractivity contribution in [3.63, 3.8) is 0 Å². The largest absolute Gasteiger partial charge is 0.382 e. The number of aryl methyl sites for hydroxylation is 1. The Kier molecular flexibility index (Phi) is 4.92. The lowest BCUT2D eigenvalue weighted by molar-refractivity contribution is 0.266. The second-order valence-corrected chi connectivity index (χ2v) is 4.55. The molecule has 102 valence electrons. The van der Waals surface area contributed by atoms with Crippen molar-refractivity contribution in [3.8, 4) is 0 Å². The summed E-state index contributed by atoms with van der Waals surface area (Å²) in [5.74, 6) is 0.584. The first kappa shape index (κ1) is 13.5. The van der Waals surface area contributed by atoms with Gasteiger partial charge in [-0.1, -0.05) is 13.0 Å². The van der Waals surface area contributed by atoms with Gasteiger partial charge in [0.05, 0.1) is 5.69 Å². The van der Waals surface area contributed by atoms with Gasteiger partial charge in [0.2, 0.25) is 0 Å². The molecule has 2 rings (SSSR count). The predicted molar refractivity (Wildman–Crippen MR) is 76.4 cm³/mol. The van der Waals surface area contributed by atoms with Crippen molar-refractivity contribution in [2.75, 3.05) is 18.8 Å². The van der Waals surface area contributed by atoms with Gasteiger partial charge in [0, 0.05) is 32.0 Å². The molecule has 5 heteroatoms. The average molecular weight is 259 g/mol. The fourth-order valence-electron chi connectivity index (χ4n) is 2.03. The van der Waals surface area contributed by atoms with Gasteiger partial charge in [-0.25, -0.2) is 0 Å². The van der Waals surface area contributed by atoms with Gasteiger partial charge in [-0.05, 0) is 31.2 Å². The van der Waals surface area contributed by atoms with Crippen molar-refractivity contribution in [3.05, 3.63) is 42.4 Å². The van der Waals surface area contributed by atoms with Crippen LogP contribution in [0.2, 0.25) is 0 Å². The molecule has 0 saturated carbocycles. The number of nitrogen functional groups attached to an aromatic ring is 1. The van der Waals surface area contributed by atoms with Crippen molar-refractivity contribution < 1.29 is 0 Å². The molecule has 2 aromatic heterocycles. The van der Waals surface area contributed by atoms with Crippen LogP contribution in [-0.4, -0.2) is 32.8 Å². The zero-order chi connectivity index (χ0) is 13.5. The third-order valence-corrected chi connectivity index (χ3v) is 3.08. The van der Waals surface area contributed by atoms with Crippen molar-refractivity contribution in [1.29, 1.82) is 0 Å². The number of anilines is 1. The van der Waals surface area contributed by atoms with Crippen LogP contribution in [0.15, 0.2) is 36.7 Å². The topological polar surface area (TPSA) is 60.0 Å². The number of rotatable bonds is 7. The van der Waals surface area contributed by atoms with Crippen LogP contribution >= 0.6 is 0 Å². The maximum Gasteiger partial charge on any atom is 0.145 e. The van der Waals surface area contributed by atoms with Gasteiger partial charge < -0.3 is 5.73 Å². The molecule has 0 radical (unpaired) electrons. The molecule has 0 unspecified atom stereocenters. The first-order valence-corrected chi connectivity index (χ1v) is 6.69. The molecule has 0 aromatic carbocycles. The van der Waals surface area contributed by atoms with Gasteiger partial charge in [-0.3, -0.25) is 14.6 Å². The van der Waals surface area contributed by atoms with Gasteiger partial charge in [-0.2, -0.15) is 5.10 Å². The van der Waals surface area contributed by atoms with Gasteiger partial charge in [0.15, 0.2) is 0 Å². The minimum absolute atomic E-state index is 0.584.